The topological polar surface area (TPSA) is 83.0 Å². The summed E-state index contributed by atoms with van der Waals surface area (Å²) in [4.78, 5) is 34.3. The van der Waals surface area contributed by atoms with Crippen molar-refractivity contribution in [3.63, 3.8) is 0 Å². The van der Waals surface area contributed by atoms with Gasteiger partial charge in [0.2, 0.25) is 0 Å². The van der Waals surface area contributed by atoms with Gasteiger partial charge in [-0.05, 0) is 71.6 Å². The van der Waals surface area contributed by atoms with E-state index in [1.54, 1.807) is 42.7 Å². The number of aliphatic hydroxyl groups is 1. The maximum Gasteiger partial charge on any atom is 0.295 e. The fourth-order valence-corrected chi connectivity index (χ4v) is 4.83. The molecule has 5 rings (SSSR count). The van der Waals surface area contributed by atoms with Crippen molar-refractivity contribution in [3.05, 3.63) is 131 Å². The molecule has 0 aliphatic carbocycles. The van der Waals surface area contributed by atoms with Gasteiger partial charge in [-0.3, -0.25) is 14.6 Å². The monoisotopic (exact) mass is 533 g/mol. The van der Waals surface area contributed by atoms with Crippen molar-refractivity contribution in [2.24, 2.45) is 0 Å². The Morgan fingerprint density at radius 1 is 0.950 bits per heavy atom. The summed E-state index contributed by atoms with van der Waals surface area (Å²) in [5, 5.41) is 11.4. The van der Waals surface area contributed by atoms with Crippen LogP contribution in [0.5, 0.6) is 5.75 Å². The van der Waals surface area contributed by atoms with Gasteiger partial charge < -0.3 is 19.6 Å². The Morgan fingerprint density at radius 3 is 2.33 bits per heavy atom. The molecule has 0 unspecified atom stereocenters. The molecule has 1 saturated heterocycles. The molecule has 4 aromatic rings. The number of aliphatic hydroxyl groups excluding tert-OH is 1. The van der Waals surface area contributed by atoms with Gasteiger partial charge in [-0.15, -0.1) is 0 Å². The lowest BCUT2D eigenvalue weighted by molar-refractivity contribution is -0.140. The number of hydrogen-bond donors (Lipinski definition) is 1. The Hall–Kier alpha value is -4.91. The van der Waals surface area contributed by atoms with Crippen LogP contribution in [0.3, 0.4) is 0 Å². The fraction of sp³-hybridized carbons (Fsp3) is 0.182. The van der Waals surface area contributed by atoms with Crippen molar-refractivity contribution in [3.8, 4) is 5.75 Å². The number of aromatic nitrogens is 1. The van der Waals surface area contributed by atoms with Gasteiger partial charge in [-0.2, -0.15) is 0 Å². The van der Waals surface area contributed by atoms with Crippen LogP contribution in [-0.2, 0) is 22.7 Å². The summed E-state index contributed by atoms with van der Waals surface area (Å²) in [5.41, 5.74) is 5.21. The highest BCUT2D eigenvalue weighted by molar-refractivity contribution is 6.46. The molecule has 0 spiro atoms. The predicted octanol–water partition coefficient (Wildman–Crippen LogP) is 5.66. The number of anilines is 1. The van der Waals surface area contributed by atoms with Gasteiger partial charge in [0.25, 0.3) is 11.7 Å². The van der Waals surface area contributed by atoms with E-state index in [1.807, 2.05) is 80.5 Å². The molecule has 1 aliphatic rings. The van der Waals surface area contributed by atoms with Crippen molar-refractivity contribution in [1.29, 1.82) is 0 Å². The second-order valence-electron chi connectivity index (χ2n) is 10.0. The molecular weight excluding hydrogens is 502 g/mol. The maximum atomic E-state index is 13.4. The van der Waals surface area contributed by atoms with E-state index >= 15 is 0 Å². The number of benzene rings is 3. The zero-order valence-electron chi connectivity index (χ0n) is 22.7. The minimum absolute atomic E-state index is 0.0556. The zero-order chi connectivity index (χ0) is 28.2. The molecule has 1 fully saturated rings. The minimum atomic E-state index is -0.756. The summed E-state index contributed by atoms with van der Waals surface area (Å²) in [7, 11) is 3.88. The van der Waals surface area contributed by atoms with Crippen LogP contribution >= 0.6 is 0 Å². The fourth-order valence-electron chi connectivity index (χ4n) is 4.83. The minimum Gasteiger partial charge on any atom is -0.507 e. The normalized spacial score (nSPS) is 16.3. The second-order valence-corrected chi connectivity index (χ2v) is 10.0. The van der Waals surface area contributed by atoms with Gasteiger partial charge in [0.05, 0.1) is 11.6 Å². The van der Waals surface area contributed by atoms with Crippen LogP contribution in [0.2, 0.25) is 0 Å². The average molecular weight is 534 g/mol. The van der Waals surface area contributed by atoms with Gasteiger partial charge in [-0.25, -0.2) is 0 Å². The van der Waals surface area contributed by atoms with E-state index in [-0.39, 0.29) is 17.9 Å². The van der Waals surface area contributed by atoms with E-state index in [2.05, 4.69) is 4.98 Å². The van der Waals surface area contributed by atoms with Crippen LogP contribution < -0.4 is 9.64 Å². The number of carbonyl (C=O) groups excluding carboxylic acids is 2. The average Bonchev–Trinajstić information content (AvgIpc) is 3.22. The number of aryl methyl sites for hydroxylation is 1. The summed E-state index contributed by atoms with van der Waals surface area (Å²) in [6.45, 7) is 2.63. The second kappa shape index (κ2) is 11.5. The van der Waals surface area contributed by atoms with E-state index in [0.717, 1.165) is 27.9 Å². The first-order valence-electron chi connectivity index (χ1n) is 13.1. The van der Waals surface area contributed by atoms with Crippen molar-refractivity contribution in [2.75, 3.05) is 19.0 Å². The lowest BCUT2D eigenvalue weighted by atomic mass is 9.95. The third kappa shape index (κ3) is 5.45. The van der Waals surface area contributed by atoms with Crippen LogP contribution in [0.25, 0.3) is 5.76 Å². The largest absolute Gasteiger partial charge is 0.507 e. The smallest absolute Gasteiger partial charge is 0.295 e. The van der Waals surface area contributed by atoms with Gasteiger partial charge in [-0.1, -0.05) is 42.5 Å². The van der Waals surface area contributed by atoms with Crippen LogP contribution in [0, 0.1) is 6.92 Å². The Kier molecular flexibility index (Phi) is 7.64. The van der Waals surface area contributed by atoms with Crippen molar-refractivity contribution >= 4 is 23.1 Å². The highest BCUT2D eigenvalue weighted by Gasteiger charge is 2.46. The quantitative estimate of drug-likeness (QED) is 0.179. The molecular formula is C33H31N3O4. The lowest BCUT2D eigenvalue weighted by Crippen LogP contribution is -2.29. The maximum absolute atomic E-state index is 13.4. The number of pyridine rings is 1. The van der Waals surface area contributed by atoms with Crippen LogP contribution in [-0.4, -0.2) is 40.8 Å². The highest BCUT2D eigenvalue weighted by atomic mass is 16.5. The van der Waals surface area contributed by atoms with Crippen molar-refractivity contribution in [2.45, 2.75) is 26.1 Å². The molecule has 1 N–H and O–H groups in total. The Morgan fingerprint density at radius 2 is 1.68 bits per heavy atom. The van der Waals surface area contributed by atoms with Crippen molar-refractivity contribution < 1.29 is 19.4 Å². The van der Waals surface area contributed by atoms with Crippen LogP contribution in [0.4, 0.5) is 5.69 Å². The molecule has 1 aromatic heterocycles. The summed E-state index contributed by atoms with van der Waals surface area (Å²) >= 11 is 0. The third-order valence-corrected chi connectivity index (χ3v) is 7.12. The number of carbonyl (C=O) groups is 2. The van der Waals surface area contributed by atoms with E-state index < -0.39 is 17.7 Å². The summed E-state index contributed by atoms with van der Waals surface area (Å²) in [6, 6.07) is 25.4. The molecule has 1 amide bonds. The molecule has 3 aromatic carbocycles. The Labute approximate surface area is 234 Å². The lowest BCUT2D eigenvalue weighted by Gasteiger charge is -2.26. The van der Waals surface area contributed by atoms with Gasteiger partial charge in [0, 0.05) is 44.3 Å². The molecule has 0 saturated carbocycles. The molecule has 40 heavy (non-hydrogen) atoms. The van der Waals surface area contributed by atoms with Crippen LogP contribution in [0.1, 0.15) is 33.9 Å². The number of ether oxygens (including phenoxy) is 1. The van der Waals surface area contributed by atoms with Crippen LogP contribution in [0.15, 0.2) is 103 Å². The highest BCUT2D eigenvalue weighted by Crippen LogP contribution is 2.40. The first kappa shape index (κ1) is 26.7. The number of hydrogen-bond acceptors (Lipinski definition) is 6. The summed E-state index contributed by atoms with van der Waals surface area (Å²) in [5.74, 6) is -0.972. The number of likely N-dealkylation sites (tertiary alicyclic amines) is 1. The molecule has 7 heteroatoms. The number of Topliss-reactive ketones (excluding diaryl/α,β-unsaturated/α-hetero) is 1. The molecule has 202 valence electrons. The summed E-state index contributed by atoms with van der Waals surface area (Å²) in [6.07, 6.45) is 3.32. The number of rotatable bonds is 8. The van der Waals surface area contributed by atoms with Gasteiger partial charge >= 0.3 is 0 Å². The first-order chi connectivity index (χ1) is 19.3. The molecule has 1 atom stereocenters. The molecule has 0 bridgehead atoms. The number of amides is 1. The number of nitrogens with zero attached hydrogens (tertiary/aromatic N) is 3. The zero-order valence-corrected chi connectivity index (χ0v) is 22.7. The SMILES string of the molecule is Cc1ccccc1COc1ccc(/C(O)=C2\C(=O)C(=O)N(Cc3cccnc3)[C@H]2c2ccc(N(C)C)cc2)cc1. The van der Waals surface area contributed by atoms with Gasteiger partial charge in [0.1, 0.15) is 18.1 Å². The van der Waals surface area contributed by atoms with E-state index in [1.165, 1.54) is 4.90 Å². The third-order valence-electron chi connectivity index (χ3n) is 7.12. The van der Waals surface area contributed by atoms with E-state index in [0.29, 0.717) is 17.9 Å². The molecule has 2 heterocycles. The standard InChI is InChI=1S/C33H31N3O4/c1-22-7-4-5-9-26(22)21-40-28-16-12-25(13-17-28)31(37)29-30(24-10-14-27(15-11-24)35(2)3)36(33(39)32(29)38)20-23-8-6-18-34-19-23/h4-19,30,37H,20-21H2,1-3H3/b31-29+/t30-/m0/s1. The number of ketones is 1. The van der Waals surface area contributed by atoms with Gasteiger partial charge in [0.15, 0.2) is 0 Å². The predicted molar refractivity (Wildman–Crippen MR) is 155 cm³/mol. The van der Waals surface area contributed by atoms with E-state index in [9.17, 15) is 14.7 Å². The molecule has 7 nitrogen and oxygen atoms in total. The first-order valence-corrected chi connectivity index (χ1v) is 13.1. The molecule has 1 aliphatic heterocycles. The summed E-state index contributed by atoms with van der Waals surface area (Å²) < 4.78 is 5.94. The van der Waals surface area contributed by atoms with E-state index in [4.69, 9.17) is 4.74 Å². The van der Waals surface area contributed by atoms with Crippen molar-refractivity contribution in [1.82, 2.24) is 9.88 Å². The molecule has 0 radical (unpaired) electrons. The Bertz CT molecular complexity index is 1550. The Balaban J connectivity index is 1.48.